The number of anilines is 1. The average molecular weight is 305 g/mol. The zero-order valence-corrected chi connectivity index (χ0v) is 13.2. The van der Waals surface area contributed by atoms with Gasteiger partial charge in [-0.2, -0.15) is 0 Å². The highest BCUT2D eigenvalue weighted by Gasteiger charge is 2.39. The number of piperidine rings is 1. The monoisotopic (exact) mass is 305 g/mol. The van der Waals surface area contributed by atoms with E-state index in [4.69, 9.17) is 9.47 Å². The number of carbonyl (C=O) groups is 1. The predicted molar refractivity (Wildman–Crippen MR) is 82.9 cm³/mol. The van der Waals surface area contributed by atoms with Crippen molar-refractivity contribution in [2.75, 3.05) is 31.2 Å². The van der Waals surface area contributed by atoms with Gasteiger partial charge in [-0.15, -0.1) is 0 Å². The van der Waals surface area contributed by atoms with Crippen molar-refractivity contribution in [3.05, 3.63) is 24.0 Å². The zero-order valence-electron chi connectivity index (χ0n) is 13.2. The average Bonchev–Trinajstić information content (AvgIpc) is 2.96. The van der Waals surface area contributed by atoms with E-state index < -0.39 is 0 Å². The van der Waals surface area contributed by atoms with E-state index in [1.807, 2.05) is 19.9 Å². The number of hydrogen-bond acceptors (Lipinski definition) is 5. The second kappa shape index (κ2) is 6.22. The highest BCUT2D eigenvalue weighted by molar-refractivity contribution is 5.92. The SMILES string of the molecule is CC(C)NC(=O)c1ccc(N2CCC3(CC2)OCCO3)cn1. The van der Waals surface area contributed by atoms with Crippen molar-refractivity contribution in [2.24, 2.45) is 0 Å². The molecule has 1 amide bonds. The van der Waals surface area contributed by atoms with Gasteiger partial charge in [0.25, 0.3) is 5.91 Å². The Hall–Kier alpha value is -1.66. The van der Waals surface area contributed by atoms with Crippen LogP contribution in [0.1, 0.15) is 37.2 Å². The first-order chi connectivity index (χ1) is 10.6. The van der Waals surface area contributed by atoms with E-state index >= 15 is 0 Å². The van der Waals surface area contributed by atoms with Gasteiger partial charge in [0, 0.05) is 32.0 Å². The Bertz CT molecular complexity index is 514. The second-order valence-corrected chi connectivity index (χ2v) is 6.12. The fraction of sp³-hybridized carbons (Fsp3) is 0.625. The van der Waals surface area contributed by atoms with Crippen LogP contribution in [0, 0.1) is 0 Å². The lowest BCUT2D eigenvalue weighted by molar-refractivity contribution is -0.169. The first kappa shape index (κ1) is 15.2. The molecule has 0 bridgehead atoms. The Balaban J connectivity index is 1.60. The minimum absolute atomic E-state index is 0.110. The van der Waals surface area contributed by atoms with Gasteiger partial charge in [0.15, 0.2) is 5.79 Å². The van der Waals surface area contributed by atoms with Crippen LogP contribution in [-0.4, -0.2) is 49.0 Å². The smallest absolute Gasteiger partial charge is 0.270 e. The number of aromatic nitrogens is 1. The summed E-state index contributed by atoms with van der Waals surface area (Å²) in [6, 6.07) is 3.84. The van der Waals surface area contributed by atoms with Crippen LogP contribution >= 0.6 is 0 Å². The summed E-state index contributed by atoms with van der Waals surface area (Å²) < 4.78 is 11.5. The predicted octanol–water partition coefficient (Wildman–Crippen LogP) is 1.56. The third-order valence-corrected chi connectivity index (χ3v) is 4.10. The first-order valence-electron chi connectivity index (χ1n) is 7.88. The van der Waals surface area contributed by atoms with E-state index in [1.54, 1.807) is 12.3 Å². The zero-order chi connectivity index (χ0) is 15.6. The number of rotatable bonds is 3. The normalized spacial score (nSPS) is 20.6. The molecule has 0 aromatic carbocycles. The molecule has 0 atom stereocenters. The summed E-state index contributed by atoms with van der Waals surface area (Å²) >= 11 is 0. The third kappa shape index (κ3) is 3.23. The van der Waals surface area contributed by atoms with Crippen molar-refractivity contribution >= 4 is 11.6 Å². The number of pyridine rings is 1. The van der Waals surface area contributed by atoms with E-state index in [0.717, 1.165) is 31.6 Å². The number of nitrogens with one attached hydrogen (secondary N) is 1. The molecule has 0 radical (unpaired) electrons. The van der Waals surface area contributed by atoms with Crippen molar-refractivity contribution in [3.63, 3.8) is 0 Å². The number of nitrogens with zero attached hydrogens (tertiary/aromatic N) is 2. The number of amides is 1. The van der Waals surface area contributed by atoms with Crippen LogP contribution in [0.15, 0.2) is 18.3 Å². The Kier molecular flexibility index (Phi) is 4.31. The Morgan fingerprint density at radius 3 is 2.50 bits per heavy atom. The minimum Gasteiger partial charge on any atom is -0.370 e. The van der Waals surface area contributed by atoms with Crippen LogP contribution in [0.5, 0.6) is 0 Å². The summed E-state index contributed by atoms with van der Waals surface area (Å²) in [6.07, 6.45) is 3.49. The highest BCUT2D eigenvalue weighted by atomic mass is 16.7. The van der Waals surface area contributed by atoms with E-state index in [1.165, 1.54) is 0 Å². The third-order valence-electron chi connectivity index (χ3n) is 4.10. The first-order valence-corrected chi connectivity index (χ1v) is 7.88. The standard InChI is InChI=1S/C16H23N3O3/c1-12(2)18-15(20)14-4-3-13(11-17-14)19-7-5-16(6-8-19)21-9-10-22-16/h3-4,11-12H,5-10H2,1-2H3,(H,18,20). The highest BCUT2D eigenvalue weighted by Crippen LogP contribution is 2.32. The molecule has 120 valence electrons. The molecule has 3 heterocycles. The molecule has 1 aromatic rings. The molecule has 0 unspecified atom stereocenters. The molecule has 1 spiro atoms. The Morgan fingerprint density at radius 1 is 1.27 bits per heavy atom. The summed E-state index contributed by atoms with van der Waals surface area (Å²) in [5.41, 5.74) is 1.49. The molecule has 6 nitrogen and oxygen atoms in total. The molecule has 2 aliphatic rings. The van der Waals surface area contributed by atoms with E-state index in [2.05, 4.69) is 15.2 Å². The van der Waals surface area contributed by atoms with Crippen LogP contribution in [0.2, 0.25) is 0 Å². The molecule has 0 saturated carbocycles. The van der Waals surface area contributed by atoms with Gasteiger partial charge in [-0.1, -0.05) is 0 Å². The maximum Gasteiger partial charge on any atom is 0.270 e. The summed E-state index contributed by atoms with van der Waals surface area (Å²) in [7, 11) is 0. The van der Waals surface area contributed by atoms with Crippen molar-refractivity contribution < 1.29 is 14.3 Å². The van der Waals surface area contributed by atoms with Gasteiger partial charge in [0.05, 0.1) is 25.1 Å². The summed E-state index contributed by atoms with van der Waals surface area (Å²) in [6.45, 7) is 7.01. The summed E-state index contributed by atoms with van der Waals surface area (Å²) in [5, 5.41) is 2.84. The lowest BCUT2D eigenvalue weighted by atomic mass is 10.0. The van der Waals surface area contributed by atoms with Gasteiger partial charge in [0.2, 0.25) is 0 Å². The molecular weight excluding hydrogens is 282 g/mol. The Labute approximate surface area is 130 Å². The van der Waals surface area contributed by atoms with Crippen LogP contribution in [0.25, 0.3) is 0 Å². The van der Waals surface area contributed by atoms with E-state index in [0.29, 0.717) is 18.9 Å². The maximum atomic E-state index is 11.9. The maximum absolute atomic E-state index is 11.9. The van der Waals surface area contributed by atoms with Crippen LogP contribution in [0.3, 0.4) is 0 Å². The molecule has 1 N–H and O–H groups in total. The topological polar surface area (TPSA) is 63.7 Å². The minimum atomic E-state index is -0.360. The van der Waals surface area contributed by atoms with Crippen molar-refractivity contribution in [2.45, 2.75) is 38.5 Å². The Morgan fingerprint density at radius 2 is 1.95 bits per heavy atom. The summed E-state index contributed by atoms with van der Waals surface area (Å²) in [4.78, 5) is 18.4. The van der Waals surface area contributed by atoms with Gasteiger partial charge in [-0.25, -0.2) is 4.98 Å². The fourth-order valence-corrected chi connectivity index (χ4v) is 2.93. The summed E-state index contributed by atoms with van der Waals surface area (Å²) in [5.74, 6) is -0.493. The van der Waals surface area contributed by atoms with Gasteiger partial charge in [-0.3, -0.25) is 4.79 Å². The quantitative estimate of drug-likeness (QED) is 0.918. The molecule has 2 saturated heterocycles. The number of ether oxygens (including phenoxy) is 2. The van der Waals surface area contributed by atoms with Crippen molar-refractivity contribution in [3.8, 4) is 0 Å². The number of hydrogen-bond donors (Lipinski definition) is 1. The van der Waals surface area contributed by atoms with Gasteiger partial charge in [-0.05, 0) is 26.0 Å². The van der Waals surface area contributed by atoms with Crippen LogP contribution in [0.4, 0.5) is 5.69 Å². The van der Waals surface area contributed by atoms with Crippen molar-refractivity contribution in [1.29, 1.82) is 0 Å². The molecule has 1 aromatic heterocycles. The largest absolute Gasteiger partial charge is 0.370 e. The van der Waals surface area contributed by atoms with Crippen LogP contribution in [-0.2, 0) is 9.47 Å². The van der Waals surface area contributed by atoms with E-state index in [-0.39, 0.29) is 17.7 Å². The molecule has 6 heteroatoms. The number of carbonyl (C=O) groups excluding carboxylic acids is 1. The lowest BCUT2D eigenvalue weighted by Gasteiger charge is -2.38. The molecule has 2 aliphatic heterocycles. The molecule has 2 fully saturated rings. The molecule has 3 rings (SSSR count). The molecule has 22 heavy (non-hydrogen) atoms. The fourth-order valence-electron chi connectivity index (χ4n) is 2.93. The van der Waals surface area contributed by atoms with Gasteiger partial charge in [0.1, 0.15) is 5.69 Å². The molecule has 0 aliphatic carbocycles. The van der Waals surface area contributed by atoms with Gasteiger partial charge >= 0.3 is 0 Å². The van der Waals surface area contributed by atoms with Gasteiger partial charge < -0.3 is 19.7 Å². The lowest BCUT2D eigenvalue weighted by Crippen LogP contribution is -2.45. The van der Waals surface area contributed by atoms with Crippen molar-refractivity contribution in [1.82, 2.24) is 10.3 Å². The second-order valence-electron chi connectivity index (χ2n) is 6.12. The molecular formula is C16H23N3O3. The van der Waals surface area contributed by atoms with Crippen LogP contribution < -0.4 is 10.2 Å². The van der Waals surface area contributed by atoms with E-state index in [9.17, 15) is 4.79 Å².